The van der Waals surface area contributed by atoms with Gasteiger partial charge in [-0.1, -0.05) is 30.3 Å². The molecule has 12 nitrogen and oxygen atoms in total. The van der Waals surface area contributed by atoms with E-state index in [1.54, 1.807) is 51.1 Å². The molecule has 2 atom stereocenters. The van der Waals surface area contributed by atoms with E-state index in [4.69, 9.17) is 30.4 Å². The summed E-state index contributed by atoms with van der Waals surface area (Å²) in [6, 6.07) is 13.4. The highest BCUT2D eigenvalue weighted by atomic mass is 16.6. The van der Waals surface area contributed by atoms with E-state index < -0.39 is 35.9 Å². The molecular weight excluding hydrogens is 506 g/mol. The predicted molar refractivity (Wildman–Crippen MR) is 144 cm³/mol. The van der Waals surface area contributed by atoms with Crippen molar-refractivity contribution in [1.29, 1.82) is 0 Å². The molecule has 0 bridgehead atoms. The second-order valence-corrected chi connectivity index (χ2v) is 9.87. The minimum Gasteiger partial charge on any atom is -0.490 e. The quantitative estimate of drug-likeness (QED) is 0.177. The van der Waals surface area contributed by atoms with Gasteiger partial charge < -0.3 is 35.7 Å². The molecule has 3 rings (SSSR count). The highest BCUT2D eigenvalue weighted by Crippen LogP contribution is 2.27. The molecular formula is C27H35N5O7. The molecule has 2 aromatic carbocycles. The normalized spacial score (nSPS) is 15.6. The van der Waals surface area contributed by atoms with Crippen molar-refractivity contribution in [2.75, 3.05) is 25.2 Å². The molecule has 0 aromatic heterocycles. The van der Waals surface area contributed by atoms with Crippen molar-refractivity contribution in [1.82, 2.24) is 5.32 Å². The van der Waals surface area contributed by atoms with Gasteiger partial charge >= 0.3 is 18.2 Å². The summed E-state index contributed by atoms with van der Waals surface area (Å²) >= 11 is 0. The SMILES string of the molecule is COC(=O)C(Cc1ccc(OCC2CN(c3ccccc3CN=C(N)N)C(=O)O2)cc1)NC(=O)OC(C)(C)C. The molecule has 1 saturated heterocycles. The summed E-state index contributed by atoms with van der Waals surface area (Å²) in [5.74, 6) is -0.0731. The number of carbonyl (C=O) groups excluding carboxylic acids is 3. The zero-order valence-corrected chi connectivity index (χ0v) is 22.5. The third-order valence-corrected chi connectivity index (χ3v) is 5.56. The number of esters is 1. The Hall–Kier alpha value is -4.48. The Bertz CT molecular complexity index is 1190. The van der Waals surface area contributed by atoms with Gasteiger partial charge in [-0.25, -0.2) is 19.4 Å². The topological polar surface area (TPSA) is 168 Å². The summed E-state index contributed by atoms with van der Waals surface area (Å²) in [6.45, 7) is 5.87. The van der Waals surface area contributed by atoms with Crippen molar-refractivity contribution in [3.63, 3.8) is 0 Å². The van der Waals surface area contributed by atoms with Crippen LogP contribution in [-0.2, 0) is 32.0 Å². The van der Waals surface area contributed by atoms with Gasteiger partial charge in [0.1, 0.15) is 24.0 Å². The third kappa shape index (κ3) is 8.80. The number of methoxy groups -OCH3 is 1. The van der Waals surface area contributed by atoms with Crippen LogP contribution in [0.3, 0.4) is 0 Å². The molecule has 39 heavy (non-hydrogen) atoms. The number of ether oxygens (including phenoxy) is 4. The van der Waals surface area contributed by atoms with Crippen molar-refractivity contribution in [3.8, 4) is 5.75 Å². The summed E-state index contributed by atoms with van der Waals surface area (Å²) in [7, 11) is 1.25. The number of carbonyl (C=O) groups is 3. The number of anilines is 1. The van der Waals surface area contributed by atoms with Crippen LogP contribution in [0.2, 0.25) is 0 Å². The van der Waals surface area contributed by atoms with Gasteiger partial charge in [0.2, 0.25) is 0 Å². The van der Waals surface area contributed by atoms with Gasteiger partial charge in [-0.2, -0.15) is 0 Å². The Kier molecular flexibility index (Phi) is 9.58. The van der Waals surface area contributed by atoms with Gasteiger partial charge in [-0.15, -0.1) is 0 Å². The Morgan fingerprint density at radius 2 is 1.85 bits per heavy atom. The van der Waals surface area contributed by atoms with E-state index in [-0.39, 0.29) is 25.5 Å². The monoisotopic (exact) mass is 541 g/mol. The predicted octanol–water partition coefficient (Wildman–Crippen LogP) is 2.47. The van der Waals surface area contributed by atoms with Crippen LogP contribution in [-0.4, -0.2) is 62.1 Å². The first-order chi connectivity index (χ1) is 18.4. The van der Waals surface area contributed by atoms with Crippen LogP contribution in [0.4, 0.5) is 15.3 Å². The first-order valence-electron chi connectivity index (χ1n) is 12.4. The van der Waals surface area contributed by atoms with Crippen LogP contribution in [0.25, 0.3) is 0 Å². The molecule has 1 heterocycles. The lowest BCUT2D eigenvalue weighted by Crippen LogP contribution is -2.45. The number of nitrogens with two attached hydrogens (primary N) is 2. The zero-order chi connectivity index (χ0) is 28.6. The smallest absolute Gasteiger partial charge is 0.414 e. The van der Waals surface area contributed by atoms with Crippen LogP contribution in [0.15, 0.2) is 53.5 Å². The van der Waals surface area contributed by atoms with Gasteiger partial charge in [0, 0.05) is 6.42 Å². The molecule has 1 aliphatic rings. The second-order valence-electron chi connectivity index (χ2n) is 9.87. The Labute approximate surface area is 227 Å². The number of nitrogens with one attached hydrogen (secondary N) is 1. The summed E-state index contributed by atoms with van der Waals surface area (Å²) < 4.78 is 21.4. The van der Waals surface area contributed by atoms with E-state index in [0.717, 1.165) is 11.1 Å². The van der Waals surface area contributed by atoms with Crippen LogP contribution in [0.5, 0.6) is 5.75 Å². The molecule has 0 aliphatic carbocycles. The van der Waals surface area contributed by atoms with E-state index in [1.807, 2.05) is 18.2 Å². The Morgan fingerprint density at radius 1 is 1.15 bits per heavy atom. The number of nitrogens with zero attached hydrogens (tertiary/aromatic N) is 2. The highest BCUT2D eigenvalue weighted by Gasteiger charge is 2.34. The van der Waals surface area contributed by atoms with Crippen molar-refractivity contribution >= 4 is 29.8 Å². The minimum atomic E-state index is -0.921. The summed E-state index contributed by atoms with van der Waals surface area (Å²) in [6.07, 6.45) is -1.49. The second kappa shape index (κ2) is 12.9. The number of benzene rings is 2. The molecule has 210 valence electrons. The number of hydrogen-bond donors (Lipinski definition) is 3. The molecule has 0 saturated carbocycles. The largest absolute Gasteiger partial charge is 0.490 e. The van der Waals surface area contributed by atoms with Gasteiger partial charge in [0.15, 0.2) is 12.1 Å². The third-order valence-electron chi connectivity index (χ3n) is 5.56. The lowest BCUT2D eigenvalue weighted by atomic mass is 10.1. The molecule has 12 heteroatoms. The maximum absolute atomic E-state index is 12.6. The van der Waals surface area contributed by atoms with E-state index in [2.05, 4.69) is 10.3 Å². The van der Waals surface area contributed by atoms with Crippen molar-refractivity contribution in [3.05, 3.63) is 59.7 Å². The van der Waals surface area contributed by atoms with Crippen molar-refractivity contribution < 1.29 is 33.3 Å². The fraction of sp³-hybridized carbons (Fsp3) is 0.407. The van der Waals surface area contributed by atoms with E-state index >= 15 is 0 Å². The summed E-state index contributed by atoms with van der Waals surface area (Å²) in [5.41, 5.74) is 12.4. The Morgan fingerprint density at radius 3 is 2.49 bits per heavy atom. The highest BCUT2D eigenvalue weighted by molar-refractivity contribution is 5.90. The average Bonchev–Trinajstić information content (AvgIpc) is 3.25. The number of alkyl carbamates (subject to hydrolysis) is 1. The number of hydrogen-bond acceptors (Lipinski definition) is 8. The molecule has 0 spiro atoms. The van der Waals surface area contributed by atoms with Crippen LogP contribution < -0.4 is 26.4 Å². The minimum absolute atomic E-state index is 0.0359. The van der Waals surface area contributed by atoms with Gasteiger partial charge in [0.25, 0.3) is 0 Å². The first-order valence-corrected chi connectivity index (χ1v) is 12.4. The van der Waals surface area contributed by atoms with Crippen LogP contribution in [0.1, 0.15) is 31.9 Å². The molecule has 0 radical (unpaired) electrons. The van der Waals surface area contributed by atoms with Crippen molar-refractivity contribution in [2.45, 2.75) is 51.5 Å². The van der Waals surface area contributed by atoms with Gasteiger partial charge in [-0.05, 0) is 50.1 Å². The molecule has 2 aromatic rings. The molecule has 2 unspecified atom stereocenters. The Balaban J connectivity index is 1.57. The molecule has 1 aliphatic heterocycles. The van der Waals surface area contributed by atoms with Gasteiger partial charge in [-0.3, -0.25) is 4.90 Å². The fourth-order valence-electron chi connectivity index (χ4n) is 3.82. The number of cyclic esters (lactones) is 1. The number of para-hydroxylation sites is 1. The van der Waals surface area contributed by atoms with Gasteiger partial charge in [0.05, 0.1) is 25.9 Å². The first kappa shape index (κ1) is 29.1. The number of amides is 2. The van der Waals surface area contributed by atoms with Crippen molar-refractivity contribution in [2.24, 2.45) is 16.5 Å². The zero-order valence-electron chi connectivity index (χ0n) is 22.5. The maximum Gasteiger partial charge on any atom is 0.414 e. The van der Waals surface area contributed by atoms with E-state index in [1.165, 1.54) is 12.0 Å². The summed E-state index contributed by atoms with van der Waals surface area (Å²) in [4.78, 5) is 42.5. The lowest BCUT2D eigenvalue weighted by Gasteiger charge is -2.22. The fourth-order valence-corrected chi connectivity index (χ4v) is 3.82. The van der Waals surface area contributed by atoms with E-state index in [0.29, 0.717) is 18.0 Å². The lowest BCUT2D eigenvalue weighted by molar-refractivity contribution is -0.143. The number of aliphatic imine (C=N–C) groups is 1. The van der Waals surface area contributed by atoms with Crippen LogP contribution in [0, 0.1) is 0 Å². The average molecular weight is 542 g/mol. The maximum atomic E-state index is 12.6. The summed E-state index contributed by atoms with van der Waals surface area (Å²) in [5, 5.41) is 2.55. The van der Waals surface area contributed by atoms with E-state index in [9.17, 15) is 14.4 Å². The van der Waals surface area contributed by atoms with Crippen LogP contribution >= 0.6 is 0 Å². The number of rotatable bonds is 10. The number of guanidine groups is 1. The standard InChI is InChI=1S/C27H35N5O7/c1-27(2,3)39-25(34)31-21(23(33)36-4)13-17-9-11-19(12-10-17)37-16-20-15-32(26(35)38-20)22-8-6-5-7-18(22)14-30-24(28)29/h5-12,20-21H,13-16H2,1-4H3,(H,31,34)(H4,28,29,30). The molecule has 2 amide bonds. The molecule has 1 fully saturated rings. The molecule has 5 N–H and O–H groups in total.